The Kier molecular flexibility index (Phi) is 4.22. The van der Waals surface area contributed by atoms with Crippen LogP contribution in [0.15, 0.2) is 18.2 Å². The smallest absolute Gasteiger partial charge is 0.127 e. The second-order valence-corrected chi connectivity index (χ2v) is 5.14. The minimum absolute atomic E-state index is 0.200. The molecule has 0 aromatic heterocycles. The van der Waals surface area contributed by atoms with E-state index in [-0.39, 0.29) is 11.9 Å². The number of benzene rings is 1. The minimum atomic E-state index is -0.866. The average Bonchev–Trinajstić information content (AvgIpc) is 2.64. The lowest BCUT2D eigenvalue weighted by Crippen LogP contribution is -2.45. The van der Waals surface area contributed by atoms with E-state index in [0.29, 0.717) is 36.7 Å². The highest BCUT2D eigenvalue weighted by molar-refractivity contribution is 6.30. The summed E-state index contributed by atoms with van der Waals surface area (Å²) in [5.41, 5.74) is -0.368. The first kappa shape index (κ1) is 13.7. The normalized spacial score (nSPS) is 27.7. The fourth-order valence-corrected chi connectivity index (χ4v) is 2.29. The highest BCUT2D eigenvalue weighted by Crippen LogP contribution is 2.25. The number of ether oxygens (including phenoxy) is 1. The quantitative estimate of drug-likeness (QED) is 0.883. The average molecular weight is 274 g/mol. The van der Waals surface area contributed by atoms with Crippen LogP contribution >= 0.6 is 11.6 Å². The lowest BCUT2D eigenvalue weighted by atomic mass is 9.96. The van der Waals surface area contributed by atoms with Gasteiger partial charge < -0.3 is 15.2 Å². The Bertz CT molecular complexity index is 429. The van der Waals surface area contributed by atoms with E-state index in [1.54, 1.807) is 6.07 Å². The van der Waals surface area contributed by atoms with Crippen LogP contribution in [0.3, 0.4) is 0 Å². The van der Waals surface area contributed by atoms with Crippen LogP contribution in [0.1, 0.15) is 18.9 Å². The van der Waals surface area contributed by atoms with E-state index in [9.17, 15) is 9.50 Å². The van der Waals surface area contributed by atoms with Gasteiger partial charge in [-0.25, -0.2) is 4.39 Å². The lowest BCUT2D eigenvalue weighted by Gasteiger charge is -2.26. The van der Waals surface area contributed by atoms with E-state index in [1.807, 2.05) is 6.92 Å². The first-order chi connectivity index (χ1) is 8.51. The summed E-state index contributed by atoms with van der Waals surface area (Å²) in [6.07, 6.45) is 0.397. The molecule has 0 bridgehead atoms. The van der Waals surface area contributed by atoms with E-state index in [1.165, 1.54) is 12.1 Å². The molecule has 0 radical (unpaired) electrons. The Morgan fingerprint density at radius 1 is 1.61 bits per heavy atom. The van der Waals surface area contributed by atoms with Crippen molar-refractivity contribution >= 4 is 11.6 Å². The van der Waals surface area contributed by atoms with Crippen LogP contribution < -0.4 is 5.32 Å². The minimum Gasteiger partial charge on any atom is -0.386 e. The Morgan fingerprint density at radius 2 is 2.39 bits per heavy atom. The Hall–Kier alpha value is -0.680. The van der Waals surface area contributed by atoms with E-state index < -0.39 is 5.60 Å². The van der Waals surface area contributed by atoms with Gasteiger partial charge in [0.15, 0.2) is 0 Å². The zero-order chi connectivity index (χ0) is 13.2. The maximum atomic E-state index is 13.5. The third kappa shape index (κ3) is 3.01. The van der Waals surface area contributed by atoms with Gasteiger partial charge in [-0.15, -0.1) is 0 Å². The molecular formula is C13H17ClFNO2. The fourth-order valence-electron chi connectivity index (χ4n) is 2.10. The van der Waals surface area contributed by atoms with Gasteiger partial charge in [0.1, 0.15) is 11.4 Å². The second kappa shape index (κ2) is 5.53. The molecule has 100 valence electrons. The third-order valence-electron chi connectivity index (χ3n) is 3.41. The Labute approximate surface area is 111 Å². The van der Waals surface area contributed by atoms with Crippen molar-refractivity contribution in [2.75, 3.05) is 13.2 Å². The zero-order valence-corrected chi connectivity index (χ0v) is 11.0. The van der Waals surface area contributed by atoms with Crippen LogP contribution in [0, 0.1) is 5.82 Å². The number of rotatable bonds is 4. The third-order valence-corrected chi connectivity index (χ3v) is 3.65. The summed E-state index contributed by atoms with van der Waals surface area (Å²) in [5, 5.41) is 13.8. The maximum absolute atomic E-state index is 13.5. The molecule has 2 rings (SSSR count). The van der Waals surface area contributed by atoms with Crippen LogP contribution in [0.5, 0.6) is 0 Å². The van der Waals surface area contributed by atoms with Crippen molar-refractivity contribution in [1.82, 2.24) is 5.32 Å². The summed E-state index contributed by atoms with van der Waals surface area (Å²) in [6, 6.07) is 4.44. The molecule has 18 heavy (non-hydrogen) atoms. The van der Waals surface area contributed by atoms with Gasteiger partial charge in [0.05, 0.1) is 6.10 Å². The van der Waals surface area contributed by atoms with Crippen molar-refractivity contribution in [1.29, 1.82) is 0 Å². The number of nitrogens with one attached hydrogen (secondary N) is 1. The molecule has 1 fully saturated rings. The predicted octanol–water partition coefficient (Wildman–Crippen LogP) is 2.11. The first-order valence-electron chi connectivity index (χ1n) is 6.00. The van der Waals surface area contributed by atoms with Gasteiger partial charge in [-0.1, -0.05) is 11.6 Å². The second-order valence-electron chi connectivity index (χ2n) is 4.71. The van der Waals surface area contributed by atoms with Crippen LogP contribution in [-0.4, -0.2) is 30.0 Å². The first-order valence-corrected chi connectivity index (χ1v) is 6.38. The maximum Gasteiger partial charge on any atom is 0.127 e. The molecule has 0 saturated carbocycles. The SMILES string of the molecule is CC1OCCC1(O)CNCc1cc(Cl)ccc1F. The Morgan fingerprint density at radius 3 is 3.06 bits per heavy atom. The topological polar surface area (TPSA) is 41.5 Å². The standard InChI is InChI=1S/C13H17ClFNO2/c1-9-13(17,4-5-18-9)8-16-7-10-6-11(14)2-3-12(10)15/h2-3,6,9,16-17H,4-5,7-8H2,1H3. The molecule has 1 heterocycles. The predicted molar refractivity (Wildman–Crippen MR) is 68.1 cm³/mol. The molecular weight excluding hydrogens is 257 g/mol. The van der Waals surface area contributed by atoms with Gasteiger partial charge in [0.25, 0.3) is 0 Å². The van der Waals surface area contributed by atoms with Gasteiger partial charge in [0, 0.05) is 36.7 Å². The molecule has 3 nitrogen and oxygen atoms in total. The summed E-state index contributed by atoms with van der Waals surface area (Å²) in [6.45, 7) is 3.11. The molecule has 5 heteroatoms. The molecule has 0 aliphatic carbocycles. The van der Waals surface area contributed by atoms with Gasteiger partial charge in [-0.05, 0) is 25.1 Å². The number of hydrogen-bond acceptors (Lipinski definition) is 3. The van der Waals surface area contributed by atoms with E-state index in [2.05, 4.69) is 5.32 Å². The molecule has 2 atom stereocenters. The van der Waals surface area contributed by atoms with E-state index in [4.69, 9.17) is 16.3 Å². The fraction of sp³-hybridized carbons (Fsp3) is 0.538. The van der Waals surface area contributed by atoms with E-state index in [0.717, 1.165) is 0 Å². The summed E-state index contributed by atoms with van der Waals surface area (Å²) in [4.78, 5) is 0. The van der Waals surface area contributed by atoms with Crippen LogP contribution in [0.25, 0.3) is 0 Å². The molecule has 2 unspecified atom stereocenters. The van der Waals surface area contributed by atoms with Crippen molar-refractivity contribution in [3.8, 4) is 0 Å². The van der Waals surface area contributed by atoms with E-state index >= 15 is 0 Å². The molecule has 1 aromatic rings. The van der Waals surface area contributed by atoms with Crippen molar-refractivity contribution in [3.63, 3.8) is 0 Å². The van der Waals surface area contributed by atoms with Crippen LogP contribution in [0.2, 0.25) is 5.02 Å². The number of halogens is 2. The summed E-state index contributed by atoms with van der Waals surface area (Å²) in [7, 11) is 0. The highest BCUT2D eigenvalue weighted by Gasteiger charge is 2.38. The van der Waals surface area contributed by atoms with Crippen molar-refractivity contribution < 1.29 is 14.2 Å². The van der Waals surface area contributed by atoms with Crippen LogP contribution in [0.4, 0.5) is 4.39 Å². The number of aliphatic hydroxyl groups is 1. The van der Waals surface area contributed by atoms with Gasteiger partial charge in [-0.2, -0.15) is 0 Å². The molecule has 1 aromatic carbocycles. The molecule has 0 spiro atoms. The van der Waals surface area contributed by atoms with Gasteiger partial charge in [0.2, 0.25) is 0 Å². The molecule has 2 N–H and O–H groups in total. The number of hydrogen-bond donors (Lipinski definition) is 2. The van der Waals surface area contributed by atoms with Crippen molar-refractivity contribution in [2.24, 2.45) is 0 Å². The van der Waals surface area contributed by atoms with Crippen molar-refractivity contribution in [2.45, 2.75) is 31.6 Å². The van der Waals surface area contributed by atoms with Crippen LogP contribution in [-0.2, 0) is 11.3 Å². The summed E-state index contributed by atoms with van der Waals surface area (Å²) < 4.78 is 18.8. The van der Waals surface area contributed by atoms with Crippen molar-refractivity contribution in [3.05, 3.63) is 34.6 Å². The van der Waals surface area contributed by atoms with Gasteiger partial charge in [-0.3, -0.25) is 0 Å². The summed E-state index contributed by atoms with van der Waals surface area (Å²) in [5.74, 6) is -0.297. The zero-order valence-electron chi connectivity index (χ0n) is 10.2. The Balaban J connectivity index is 1.90. The lowest BCUT2D eigenvalue weighted by molar-refractivity contribution is -0.0263. The molecule has 0 amide bonds. The monoisotopic (exact) mass is 273 g/mol. The summed E-state index contributed by atoms with van der Waals surface area (Å²) >= 11 is 5.81. The highest BCUT2D eigenvalue weighted by atomic mass is 35.5. The largest absolute Gasteiger partial charge is 0.386 e. The molecule has 1 aliphatic rings. The van der Waals surface area contributed by atoms with Gasteiger partial charge >= 0.3 is 0 Å². The molecule has 1 saturated heterocycles. The molecule has 1 aliphatic heterocycles.